The van der Waals surface area contributed by atoms with Crippen LogP contribution in [0.25, 0.3) is 22.6 Å². The van der Waals surface area contributed by atoms with Crippen LogP contribution in [-0.4, -0.2) is 53.5 Å². The van der Waals surface area contributed by atoms with Crippen molar-refractivity contribution in [3.63, 3.8) is 0 Å². The molecule has 1 aromatic carbocycles. The number of carboxylic acid groups (broad SMARTS) is 1. The predicted molar refractivity (Wildman–Crippen MR) is 108 cm³/mol. The molecule has 0 saturated heterocycles. The Hall–Kier alpha value is -3.70. The van der Waals surface area contributed by atoms with Gasteiger partial charge in [-0.15, -0.1) is 0 Å². The minimum atomic E-state index is -2.77. The predicted octanol–water partition coefficient (Wildman–Crippen LogP) is 4.11. The van der Waals surface area contributed by atoms with Crippen LogP contribution in [0.1, 0.15) is 13.3 Å². The van der Waals surface area contributed by atoms with E-state index in [1.807, 2.05) is 0 Å². The number of oxazole rings is 1. The number of ether oxygens (including phenoxy) is 3. The molecule has 3 aromatic rings. The molecule has 9 nitrogen and oxygen atoms in total. The van der Waals surface area contributed by atoms with E-state index in [4.69, 9.17) is 23.7 Å². The second-order valence-electron chi connectivity index (χ2n) is 7.63. The molecule has 0 radical (unpaired) electrons. The molecule has 176 valence electrons. The smallest absolute Gasteiger partial charge is 0.404 e. The van der Waals surface area contributed by atoms with Gasteiger partial charge in [-0.05, 0) is 19.1 Å². The Morgan fingerprint density at radius 1 is 1.36 bits per heavy atom. The Balaban J connectivity index is 1.51. The number of pyridine rings is 1. The van der Waals surface area contributed by atoms with Crippen LogP contribution >= 0.6 is 0 Å². The van der Waals surface area contributed by atoms with Crippen LogP contribution in [-0.2, 0) is 0 Å². The fourth-order valence-corrected chi connectivity index (χ4v) is 3.10. The number of alkyl halides is 2. The summed E-state index contributed by atoms with van der Waals surface area (Å²) in [5.74, 6) is -4.51. The maximum atomic E-state index is 14.7. The van der Waals surface area contributed by atoms with Gasteiger partial charge in [0.2, 0.25) is 11.8 Å². The van der Waals surface area contributed by atoms with Gasteiger partial charge >= 0.3 is 6.09 Å². The number of hydrogen-bond acceptors (Lipinski definition) is 7. The van der Waals surface area contributed by atoms with E-state index in [-0.39, 0.29) is 48.5 Å². The molecule has 2 aromatic heterocycles. The van der Waals surface area contributed by atoms with Crippen molar-refractivity contribution < 1.29 is 41.7 Å². The standard InChI is InChI=1S/C21H20F3N3O6/c1-10(26-20(28)29)8-31-17-5-15-14(7-25-17)27-19(33-15)11-3-13(22)18(16(4-11)30-2)32-9-12-6-21(12,23)24/h3-5,7,10,12,26H,6,8-9H2,1-2H3,(H,28,29)/t10-,12+/m0/s1. The van der Waals surface area contributed by atoms with Crippen molar-refractivity contribution in [2.24, 2.45) is 5.92 Å². The molecule has 2 atom stereocenters. The topological polar surface area (TPSA) is 116 Å². The Kier molecular flexibility index (Phi) is 5.91. The van der Waals surface area contributed by atoms with E-state index in [0.29, 0.717) is 11.1 Å². The lowest BCUT2D eigenvalue weighted by Gasteiger charge is -2.12. The quantitative estimate of drug-likeness (QED) is 0.483. The van der Waals surface area contributed by atoms with Gasteiger partial charge in [0.1, 0.15) is 12.1 Å². The highest BCUT2D eigenvalue weighted by Crippen LogP contribution is 2.49. The highest BCUT2D eigenvalue weighted by molar-refractivity contribution is 5.76. The van der Waals surface area contributed by atoms with Gasteiger partial charge in [0.05, 0.1) is 31.9 Å². The van der Waals surface area contributed by atoms with Gasteiger partial charge in [0, 0.05) is 18.1 Å². The third kappa shape index (κ3) is 5.04. The maximum absolute atomic E-state index is 14.7. The molecule has 1 fully saturated rings. The first kappa shape index (κ1) is 22.5. The molecule has 4 rings (SSSR count). The summed E-state index contributed by atoms with van der Waals surface area (Å²) in [4.78, 5) is 19.0. The van der Waals surface area contributed by atoms with Crippen molar-refractivity contribution in [1.29, 1.82) is 0 Å². The first-order valence-electron chi connectivity index (χ1n) is 9.93. The zero-order chi connectivity index (χ0) is 23.8. The third-order valence-corrected chi connectivity index (χ3v) is 4.96. The second kappa shape index (κ2) is 8.68. The summed E-state index contributed by atoms with van der Waals surface area (Å²) in [6.45, 7) is 1.35. The van der Waals surface area contributed by atoms with E-state index in [1.54, 1.807) is 6.92 Å². The van der Waals surface area contributed by atoms with Crippen LogP contribution in [0.15, 0.2) is 28.8 Å². The number of hydrogen-bond donors (Lipinski definition) is 2. The molecule has 1 saturated carbocycles. The summed E-state index contributed by atoms with van der Waals surface area (Å²) in [5, 5.41) is 11.0. The summed E-state index contributed by atoms with van der Waals surface area (Å²) in [7, 11) is 1.30. The van der Waals surface area contributed by atoms with Crippen LogP contribution in [0, 0.1) is 11.7 Å². The number of halogens is 3. The van der Waals surface area contributed by atoms with Crippen molar-refractivity contribution in [2.45, 2.75) is 25.3 Å². The van der Waals surface area contributed by atoms with E-state index >= 15 is 0 Å². The largest absolute Gasteiger partial charge is 0.493 e. The number of amides is 1. The van der Waals surface area contributed by atoms with Crippen molar-refractivity contribution in [1.82, 2.24) is 15.3 Å². The van der Waals surface area contributed by atoms with Crippen molar-refractivity contribution >= 4 is 17.2 Å². The SMILES string of the molecule is COc1cc(-c2nc3cnc(OC[C@H](C)NC(=O)O)cc3o2)cc(F)c1OC[C@H]1CC1(F)F. The fourth-order valence-electron chi connectivity index (χ4n) is 3.10. The van der Waals surface area contributed by atoms with Crippen LogP contribution in [0.4, 0.5) is 18.0 Å². The number of methoxy groups -OCH3 is 1. The first-order valence-corrected chi connectivity index (χ1v) is 9.93. The van der Waals surface area contributed by atoms with Crippen molar-refractivity contribution in [2.75, 3.05) is 20.3 Å². The summed E-state index contributed by atoms with van der Waals surface area (Å²) in [5.41, 5.74) is 0.931. The number of nitrogens with one attached hydrogen (secondary N) is 1. The molecular weight excluding hydrogens is 447 g/mol. The van der Waals surface area contributed by atoms with E-state index < -0.39 is 29.8 Å². The van der Waals surface area contributed by atoms with E-state index in [0.717, 1.165) is 6.07 Å². The number of benzene rings is 1. The first-order chi connectivity index (χ1) is 15.7. The van der Waals surface area contributed by atoms with Gasteiger partial charge in [-0.25, -0.2) is 27.9 Å². The summed E-state index contributed by atoms with van der Waals surface area (Å²) in [6.07, 6.45) is -0.0561. The number of aromatic nitrogens is 2. The number of rotatable bonds is 9. The molecule has 0 aliphatic heterocycles. The Labute approximate surface area is 185 Å². The number of nitrogens with zero attached hydrogens (tertiary/aromatic N) is 2. The van der Waals surface area contributed by atoms with Crippen molar-refractivity contribution in [3.8, 4) is 28.8 Å². The average molecular weight is 467 g/mol. The zero-order valence-electron chi connectivity index (χ0n) is 17.6. The highest BCUT2D eigenvalue weighted by Gasteiger charge is 2.57. The minimum Gasteiger partial charge on any atom is -0.493 e. The molecular formula is C21H20F3N3O6. The van der Waals surface area contributed by atoms with Gasteiger partial charge in [-0.1, -0.05) is 0 Å². The number of carbonyl (C=O) groups is 1. The van der Waals surface area contributed by atoms with Gasteiger partial charge in [-0.2, -0.15) is 0 Å². The molecule has 1 aliphatic rings. The Bertz CT molecular complexity index is 1190. The monoisotopic (exact) mass is 467 g/mol. The Morgan fingerprint density at radius 3 is 2.79 bits per heavy atom. The fraction of sp³-hybridized carbons (Fsp3) is 0.381. The average Bonchev–Trinajstić information content (AvgIpc) is 3.16. The molecule has 0 bridgehead atoms. The molecule has 0 unspecified atom stereocenters. The molecule has 2 heterocycles. The summed E-state index contributed by atoms with van der Waals surface area (Å²) >= 11 is 0. The molecule has 0 spiro atoms. The maximum Gasteiger partial charge on any atom is 0.404 e. The normalized spacial score (nSPS) is 17.4. The van der Waals surface area contributed by atoms with Gasteiger partial charge in [0.25, 0.3) is 5.92 Å². The van der Waals surface area contributed by atoms with Gasteiger partial charge < -0.3 is 29.1 Å². The van der Waals surface area contributed by atoms with Crippen LogP contribution in [0.5, 0.6) is 17.4 Å². The molecule has 1 aliphatic carbocycles. The highest BCUT2D eigenvalue weighted by atomic mass is 19.3. The van der Waals surface area contributed by atoms with Crippen LogP contribution in [0.3, 0.4) is 0 Å². The summed E-state index contributed by atoms with van der Waals surface area (Å²) < 4.78 is 62.4. The lowest BCUT2D eigenvalue weighted by atomic mass is 10.2. The summed E-state index contributed by atoms with van der Waals surface area (Å²) in [6, 6.07) is 3.54. The van der Waals surface area contributed by atoms with E-state index in [2.05, 4.69) is 15.3 Å². The van der Waals surface area contributed by atoms with E-state index in [1.165, 1.54) is 25.4 Å². The number of fused-ring (bicyclic) bond motifs is 1. The van der Waals surface area contributed by atoms with Gasteiger partial charge in [0.15, 0.2) is 22.9 Å². The zero-order valence-corrected chi connectivity index (χ0v) is 17.6. The minimum absolute atomic E-state index is 0.0123. The molecule has 1 amide bonds. The molecule has 2 N–H and O–H groups in total. The van der Waals surface area contributed by atoms with Crippen molar-refractivity contribution in [3.05, 3.63) is 30.2 Å². The van der Waals surface area contributed by atoms with Crippen LogP contribution in [0.2, 0.25) is 0 Å². The second-order valence-corrected chi connectivity index (χ2v) is 7.63. The molecule has 12 heteroatoms. The lowest BCUT2D eigenvalue weighted by molar-refractivity contribution is 0.0844. The van der Waals surface area contributed by atoms with Crippen LogP contribution < -0.4 is 19.5 Å². The van der Waals surface area contributed by atoms with Gasteiger partial charge in [-0.3, -0.25) is 0 Å². The lowest BCUT2D eigenvalue weighted by Crippen LogP contribution is -2.35. The van der Waals surface area contributed by atoms with E-state index in [9.17, 15) is 18.0 Å². The Morgan fingerprint density at radius 2 is 2.12 bits per heavy atom. The molecule has 33 heavy (non-hydrogen) atoms. The third-order valence-electron chi connectivity index (χ3n) is 4.96.